The number of nitrogens with zero attached hydrogens (tertiary/aromatic N) is 3. The molecule has 1 saturated heterocycles. The van der Waals surface area contributed by atoms with E-state index in [0.717, 1.165) is 17.1 Å². The molecule has 1 aromatic heterocycles. The van der Waals surface area contributed by atoms with Gasteiger partial charge in [-0.1, -0.05) is 23.7 Å². The van der Waals surface area contributed by atoms with Crippen molar-refractivity contribution in [3.63, 3.8) is 0 Å². The summed E-state index contributed by atoms with van der Waals surface area (Å²) >= 11 is 6.06. The molecule has 6 heteroatoms. The van der Waals surface area contributed by atoms with Crippen LogP contribution in [0.15, 0.2) is 28.7 Å². The lowest BCUT2D eigenvalue weighted by Gasteiger charge is -2.37. The van der Waals surface area contributed by atoms with Crippen molar-refractivity contribution in [2.24, 2.45) is 0 Å². The fourth-order valence-electron chi connectivity index (χ4n) is 2.51. The van der Waals surface area contributed by atoms with Gasteiger partial charge in [0.05, 0.1) is 19.3 Å². The monoisotopic (exact) mass is 307 g/mol. The smallest absolute Gasteiger partial charge is 0.230 e. The van der Waals surface area contributed by atoms with Crippen LogP contribution in [0.4, 0.5) is 0 Å². The number of hydrogen-bond acceptors (Lipinski definition) is 5. The van der Waals surface area contributed by atoms with Crippen molar-refractivity contribution in [2.45, 2.75) is 32.5 Å². The molecule has 2 aromatic rings. The molecule has 1 fully saturated rings. The highest BCUT2D eigenvalue weighted by Gasteiger charge is 2.28. The van der Waals surface area contributed by atoms with Crippen molar-refractivity contribution in [1.82, 2.24) is 15.1 Å². The number of halogens is 1. The van der Waals surface area contributed by atoms with Crippen LogP contribution in [0.5, 0.6) is 0 Å². The van der Waals surface area contributed by atoms with E-state index in [0.29, 0.717) is 31.0 Å². The standard InChI is InChI=1S/C15H18ClN3O2/c1-10-9-20-14(12-4-3-5-13(16)6-12)7-19(10)8-15-18-17-11(2)21-15/h3-6,10,14H,7-9H2,1-2H3/t10-,14-/m1/s1. The molecule has 0 radical (unpaired) electrons. The molecule has 0 aliphatic carbocycles. The van der Waals surface area contributed by atoms with E-state index < -0.39 is 0 Å². The van der Waals surface area contributed by atoms with E-state index in [9.17, 15) is 0 Å². The van der Waals surface area contributed by atoms with E-state index in [2.05, 4.69) is 22.0 Å². The van der Waals surface area contributed by atoms with E-state index in [-0.39, 0.29) is 6.10 Å². The zero-order valence-corrected chi connectivity index (χ0v) is 12.9. The zero-order chi connectivity index (χ0) is 14.8. The number of hydrogen-bond donors (Lipinski definition) is 0. The third-order valence-electron chi connectivity index (χ3n) is 3.69. The number of rotatable bonds is 3. The summed E-state index contributed by atoms with van der Waals surface area (Å²) in [6.07, 6.45) is 0.0175. The first-order valence-corrected chi connectivity index (χ1v) is 7.39. The zero-order valence-electron chi connectivity index (χ0n) is 12.1. The number of aryl methyl sites for hydroxylation is 1. The minimum Gasteiger partial charge on any atom is -0.424 e. The highest BCUT2D eigenvalue weighted by Crippen LogP contribution is 2.27. The molecular weight excluding hydrogens is 290 g/mol. The molecule has 5 nitrogen and oxygen atoms in total. The largest absolute Gasteiger partial charge is 0.424 e. The SMILES string of the molecule is Cc1nnc(CN2C[C@H](c3cccc(Cl)c3)OC[C@H]2C)o1. The normalized spacial score (nSPS) is 23.4. The van der Waals surface area contributed by atoms with Crippen LogP contribution in [-0.2, 0) is 11.3 Å². The molecule has 0 amide bonds. The predicted molar refractivity (Wildman–Crippen MR) is 79.1 cm³/mol. The molecule has 1 aliphatic heterocycles. The molecule has 2 atom stereocenters. The van der Waals surface area contributed by atoms with Gasteiger partial charge >= 0.3 is 0 Å². The molecule has 1 aliphatic rings. The molecule has 3 rings (SSSR count). The lowest BCUT2D eigenvalue weighted by atomic mass is 10.1. The molecule has 0 unspecified atom stereocenters. The molecule has 0 bridgehead atoms. The molecule has 0 saturated carbocycles. The Hall–Kier alpha value is -1.43. The first kappa shape index (κ1) is 14.5. The van der Waals surface area contributed by atoms with Crippen molar-refractivity contribution in [3.05, 3.63) is 46.6 Å². The Morgan fingerprint density at radius 1 is 1.38 bits per heavy atom. The van der Waals surface area contributed by atoms with Crippen molar-refractivity contribution in [2.75, 3.05) is 13.2 Å². The quantitative estimate of drug-likeness (QED) is 0.872. The summed E-state index contributed by atoms with van der Waals surface area (Å²) in [7, 11) is 0. The fourth-order valence-corrected chi connectivity index (χ4v) is 2.71. The summed E-state index contributed by atoms with van der Waals surface area (Å²) in [4.78, 5) is 2.29. The lowest BCUT2D eigenvalue weighted by Crippen LogP contribution is -2.44. The van der Waals surface area contributed by atoms with Gasteiger partial charge in [-0.2, -0.15) is 0 Å². The Balaban J connectivity index is 1.72. The molecule has 2 heterocycles. The van der Waals surface area contributed by atoms with E-state index in [1.54, 1.807) is 6.92 Å². The van der Waals surface area contributed by atoms with Crippen LogP contribution >= 0.6 is 11.6 Å². The minimum atomic E-state index is 0.0175. The molecule has 112 valence electrons. The number of morpholine rings is 1. The second-order valence-corrected chi connectivity index (χ2v) is 5.81. The van der Waals surface area contributed by atoms with Crippen LogP contribution in [-0.4, -0.2) is 34.3 Å². The van der Waals surface area contributed by atoms with E-state index in [4.69, 9.17) is 20.8 Å². The van der Waals surface area contributed by atoms with Crippen molar-refractivity contribution in [1.29, 1.82) is 0 Å². The average Bonchev–Trinajstić information content (AvgIpc) is 2.87. The van der Waals surface area contributed by atoms with Gasteiger partial charge in [0, 0.05) is 24.5 Å². The number of ether oxygens (including phenoxy) is 1. The van der Waals surface area contributed by atoms with Gasteiger partial charge in [0.15, 0.2) is 0 Å². The molecule has 0 N–H and O–H groups in total. The first-order valence-electron chi connectivity index (χ1n) is 7.02. The fraction of sp³-hybridized carbons (Fsp3) is 0.467. The third-order valence-corrected chi connectivity index (χ3v) is 3.92. The van der Waals surface area contributed by atoms with Crippen LogP contribution in [0.1, 0.15) is 30.4 Å². The van der Waals surface area contributed by atoms with E-state index in [1.165, 1.54) is 0 Å². The Labute approximate surface area is 128 Å². The Morgan fingerprint density at radius 3 is 2.95 bits per heavy atom. The van der Waals surface area contributed by atoms with Gasteiger partial charge in [0.1, 0.15) is 0 Å². The lowest BCUT2D eigenvalue weighted by molar-refractivity contribution is -0.0656. The average molecular weight is 308 g/mol. The van der Waals surface area contributed by atoms with Gasteiger partial charge in [-0.3, -0.25) is 4.90 Å². The number of benzene rings is 1. The summed E-state index contributed by atoms with van der Waals surface area (Å²) in [5, 5.41) is 8.67. The van der Waals surface area contributed by atoms with Gasteiger partial charge in [-0.15, -0.1) is 10.2 Å². The topological polar surface area (TPSA) is 51.4 Å². The van der Waals surface area contributed by atoms with Gasteiger partial charge in [0.25, 0.3) is 0 Å². The Bertz CT molecular complexity index is 616. The van der Waals surface area contributed by atoms with Crippen LogP contribution in [0.2, 0.25) is 5.02 Å². The molecule has 1 aromatic carbocycles. The van der Waals surface area contributed by atoms with Gasteiger partial charge in [0.2, 0.25) is 11.8 Å². The summed E-state index contributed by atoms with van der Waals surface area (Å²) in [5.41, 5.74) is 1.10. The maximum atomic E-state index is 6.06. The summed E-state index contributed by atoms with van der Waals surface area (Å²) in [6.45, 7) is 6.03. The summed E-state index contributed by atoms with van der Waals surface area (Å²) < 4.78 is 11.4. The minimum absolute atomic E-state index is 0.0175. The van der Waals surface area contributed by atoms with E-state index in [1.807, 2.05) is 24.3 Å². The molecule has 0 spiro atoms. The summed E-state index contributed by atoms with van der Waals surface area (Å²) in [6, 6.07) is 8.13. The third kappa shape index (κ3) is 3.43. The summed E-state index contributed by atoms with van der Waals surface area (Å²) in [5.74, 6) is 1.24. The van der Waals surface area contributed by atoms with Crippen LogP contribution in [0.3, 0.4) is 0 Å². The highest BCUT2D eigenvalue weighted by atomic mass is 35.5. The van der Waals surface area contributed by atoms with Crippen molar-refractivity contribution < 1.29 is 9.15 Å². The maximum absolute atomic E-state index is 6.06. The molecule has 21 heavy (non-hydrogen) atoms. The first-order chi connectivity index (χ1) is 10.1. The highest BCUT2D eigenvalue weighted by molar-refractivity contribution is 6.30. The van der Waals surface area contributed by atoms with E-state index >= 15 is 0 Å². The number of aromatic nitrogens is 2. The maximum Gasteiger partial charge on any atom is 0.230 e. The Morgan fingerprint density at radius 2 is 2.24 bits per heavy atom. The van der Waals surface area contributed by atoms with Crippen molar-refractivity contribution >= 4 is 11.6 Å². The van der Waals surface area contributed by atoms with Crippen molar-refractivity contribution in [3.8, 4) is 0 Å². The Kier molecular flexibility index (Phi) is 4.24. The second-order valence-electron chi connectivity index (χ2n) is 5.37. The van der Waals surface area contributed by atoms with Crippen LogP contribution < -0.4 is 0 Å². The van der Waals surface area contributed by atoms with Crippen LogP contribution in [0.25, 0.3) is 0 Å². The van der Waals surface area contributed by atoms with Gasteiger partial charge in [-0.05, 0) is 24.6 Å². The molecular formula is C15H18ClN3O2. The predicted octanol–water partition coefficient (Wildman–Crippen LogP) is 2.99. The second kappa shape index (κ2) is 6.13. The van der Waals surface area contributed by atoms with Gasteiger partial charge in [-0.25, -0.2) is 0 Å². The van der Waals surface area contributed by atoms with Crippen LogP contribution in [0, 0.1) is 6.92 Å². The van der Waals surface area contributed by atoms with Gasteiger partial charge < -0.3 is 9.15 Å².